The number of rotatable bonds is 9. The largest absolute Gasteiger partial charge is 0.417 e. The summed E-state index contributed by atoms with van der Waals surface area (Å²) >= 11 is 5.21. The quantitative estimate of drug-likeness (QED) is 0.498. The van der Waals surface area contributed by atoms with E-state index in [2.05, 4.69) is 5.32 Å². The van der Waals surface area contributed by atoms with Crippen LogP contribution in [0.4, 0.5) is 24.5 Å². The summed E-state index contributed by atoms with van der Waals surface area (Å²) in [7, 11) is 0. The van der Waals surface area contributed by atoms with Gasteiger partial charge in [0.05, 0.1) is 22.7 Å². The molecule has 0 radical (unpaired) electrons. The molecule has 0 spiro atoms. The summed E-state index contributed by atoms with van der Waals surface area (Å²) in [6, 6.07) is 12.0. The van der Waals surface area contributed by atoms with E-state index < -0.39 is 28.7 Å². The lowest BCUT2D eigenvalue weighted by Crippen LogP contribution is -2.61. The Kier molecular flexibility index (Phi) is 7.57. The third kappa shape index (κ3) is 5.37. The molecule has 0 atom stereocenters. The van der Waals surface area contributed by atoms with E-state index in [9.17, 15) is 22.8 Å². The van der Waals surface area contributed by atoms with Gasteiger partial charge < -0.3 is 16.0 Å². The van der Waals surface area contributed by atoms with Crippen LogP contribution in [0.5, 0.6) is 0 Å². The summed E-state index contributed by atoms with van der Waals surface area (Å²) in [4.78, 5) is 25.8. The average molecular weight is 489 g/mol. The van der Waals surface area contributed by atoms with Gasteiger partial charge in [0, 0.05) is 17.8 Å². The summed E-state index contributed by atoms with van der Waals surface area (Å²) in [5.41, 5.74) is 5.53. The fourth-order valence-corrected chi connectivity index (χ4v) is 4.31. The fourth-order valence-electron chi connectivity index (χ4n) is 3.99. The molecule has 1 aliphatic carbocycles. The van der Waals surface area contributed by atoms with Gasteiger partial charge >= 0.3 is 6.18 Å². The second kappa shape index (κ2) is 10.2. The number of amides is 2. The van der Waals surface area contributed by atoms with Gasteiger partial charge in [-0.2, -0.15) is 18.4 Å². The third-order valence-electron chi connectivity index (χ3n) is 5.98. The number of nitrogens with one attached hydrogen (secondary N) is 1. The van der Waals surface area contributed by atoms with Crippen molar-refractivity contribution in [1.82, 2.24) is 0 Å². The first-order valence-electron chi connectivity index (χ1n) is 10.7. The average Bonchev–Trinajstić information content (AvgIpc) is 2.75. The number of carbonyl (C=O) groups is 2. The molecule has 0 heterocycles. The maximum atomic E-state index is 13.3. The van der Waals surface area contributed by atoms with Crippen LogP contribution in [-0.2, 0) is 22.2 Å². The number of thiocarbonyl (C=S) groups is 1. The molecule has 2 amide bonds. The smallest absolute Gasteiger partial charge is 0.370 e. The van der Waals surface area contributed by atoms with Crippen LogP contribution in [-0.4, -0.2) is 22.8 Å². The highest BCUT2D eigenvalue weighted by atomic mass is 32.1. The van der Waals surface area contributed by atoms with Gasteiger partial charge in [0.15, 0.2) is 0 Å². The number of primary amides is 1. The first-order valence-corrected chi connectivity index (χ1v) is 11.1. The predicted molar refractivity (Wildman–Crippen MR) is 126 cm³/mol. The summed E-state index contributed by atoms with van der Waals surface area (Å²) in [5.74, 6) is -0.825. The summed E-state index contributed by atoms with van der Waals surface area (Å²) in [5, 5.41) is 11.6. The van der Waals surface area contributed by atoms with E-state index in [1.54, 1.807) is 4.90 Å². The highest BCUT2D eigenvalue weighted by Crippen LogP contribution is 2.41. The minimum absolute atomic E-state index is 0.0447. The van der Waals surface area contributed by atoms with Gasteiger partial charge in [-0.25, -0.2) is 0 Å². The lowest BCUT2D eigenvalue weighted by Gasteiger charge is -2.47. The predicted octanol–water partition coefficient (Wildman–Crippen LogP) is 4.71. The molecule has 2 aromatic carbocycles. The molecule has 1 fully saturated rings. The molecule has 3 rings (SSSR count). The number of alkyl halides is 3. The SMILES string of the molecule is N#Cc1ccc(NC(=O)C2(N(C=S)c3ccc(CCCC(N)=O)cc3)CCC2)cc1C(F)(F)F. The maximum absolute atomic E-state index is 13.3. The molecule has 0 aromatic heterocycles. The molecule has 0 saturated heterocycles. The van der Waals surface area contributed by atoms with E-state index in [4.69, 9.17) is 23.2 Å². The zero-order valence-electron chi connectivity index (χ0n) is 18.2. The van der Waals surface area contributed by atoms with Crippen molar-refractivity contribution < 1.29 is 22.8 Å². The first kappa shape index (κ1) is 25.2. The van der Waals surface area contributed by atoms with E-state index in [1.165, 1.54) is 17.6 Å². The van der Waals surface area contributed by atoms with Crippen LogP contribution in [0.15, 0.2) is 42.5 Å². The first-order chi connectivity index (χ1) is 16.1. The van der Waals surface area contributed by atoms with Crippen molar-refractivity contribution in [3.8, 4) is 6.07 Å². The molecule has 1 saturated carbocycles. The summed E-state index contributed by atoms with van der Waals surface area (Å²) in [6.07, 6.45) is -1.40. The molecular weight excluding hydrogens is 465 g/mol. The molecular formula is C24H23F3N4O2S. The highest BCUT2D eigenvalue weighted by molar-refractivity contribution is 7.79. The molecule has 0 aliphatic heterocycles. The molecule has 1 aliphatic rings. The van der Waals surface area contributed by atoms with Crippen LogP contribution in [0.2, 0.25) is 0 Å². The number of halogens is 3. The zero-order chi connectivity index (χ0) is 24.9. The van der Waals surface area contributed by atoms with E-state index in [0.717, 1.165) is 24.1 Å². The van der Waals surface area contributed by atoms with Crippen molar-refractivity contribution in [3.63, 3.8) is 0 Å². The van der Waals surface area contributed by atoms with Gasteiger partial charge in [-0.15, -0.1) is 0 Å². The zero-order valence-corrected chi connectivity index (χ0v) is 19.0. The van der Waals surface area contributed by atoms with Crippen LogP contribution < -0.4 is 16.0 Å². The minimum atomic E-state index is -4.72. The van der Waals surface area contributed by atoms with Gasteiger partial charge in [-0.05, 0) is 68.0 Å². The molecule has 0 unspecified atom stereocenters. The van der Waals surface area contributed by atoms with Crippen LogP contribution in [0.3, 0.4) is 0 Å². The van der Waals surface area contributed by atoms with Crippen molar-refractivity contribution in [2.24, 2.45) is 5.73 Å². The molecule has 0 bridgehead atoms. The van der Waals surface area contributed by atoms with Crippen molar-refractivity contribution in [2.75, 3.05) is 10.2 Å². The summed E-state index contributed by atoms with van der Waals surface area (Å²) in [6.45, 7) is 0. The Morgan fingerprint density at radius 1 is 1.21 bits per heavy atom. The molecule has 10 heteroatoms. The minimum Gasteiger partial charge on any atom is -0.370 e. The number of nitrogens with two attached hydrogens (primary N) is 1. The number of hydrogen-bond acceptors (Lipinski definition) is 4. The summed E-state index contributed by atoms with van der Waals surface area (Å²) < 4.78 is 39.9. The second-order valence-corrected chi connectivity index (χ2v) is 8.38. The second-order valence-electron chi connectivity index (χ2n) is 8.17. The number of carbonyl (C=O) groups excluding carboxylic acids is 2. The van der Waals surface area contributed by atoms with Crippen molar-refractivity contribution in [2.45, 2.75) is 50.2 Å². The van der Waals surface area contributed by atoms with Gasteiger partial charge in [0.25, 0.3) is 5.91 Å². The fraction of sp³-hybridized carbons (Fsp3) is 0.333. The van der Waals surface area contributed by atoms with E-state index in [1.807, 2.05) is 24.3 Å². The van der Waals surface area contributed by atoms with Crippen molar-refractivity contribution in [1.29, 1.82) is 5.26 Å². The topological polar surface area (TPSA) is 99.2 Å². The number of nitriles is 1. The Labute approximate surface area is 200 Å². The third-order valence-corrected chi connectivity index (χ3v) is 6.19. The Hall–Kier alpha value is -3.45. The van der Waals surface area contributed by atoms with Crippen molar-refractivity contribution >= 4 is 40.9 Å². The Balaban J connectivity index is 1.81. The van der Waals surface area contributed by atoms with Gasteiger partial charge in [0.2, 0.25) is 5.91 Å². The van der Waals surface area contributed by atoms with Crippen LogP contribution in [0.1, 0.15) is 48.8 Å². The van der Waals surface area contributed by atoms with Gasteiger partial charge in [-0.3, -0.25) is 9.59 Å². The van der Waals surface area contributed by atoms with E-state index >= 15 is 0 Å². The molecule has 178 valence electrons. The molecule has 3 N–H and O–H groups in total. The lowest BCUT2D eigenvalue weighted by molar-refractivity contribution is -0.137. The van der Waals surface area contributed by atoms with E-state index in [0.29, 0.717) is 37.8 Å². The lowest BCUT2D eigenvalue weighted by atomic mass is 9.74. The van der Waals surface area contributed by atoms with Crippen LogP contribution in [0, 0.1) is 11.3 Å². The van der Waals surface area contributed by atoms with Crippen LogP contribution in [0.25, 0.3) is 0 Å². The maximum Gasteiger partial charge on any atom is 0.417 e. The Morgan fingerprint density at radius 2 is 1.88 bits per heavy atom. The molecule has 34 heavy (non-hydrogen) atoms. The number of anilines is 2. The number of benzene rings is 2. The number of aryl methyl sites for hydroxylation is 1. The van der Waals surface area contributed by atoms with Crippen molar-refractivity contribution in [3.05, 3.63) is 59.2 Å². The van der Waals surface area contributed by atoms with Gasteiger partial charge in [0.1, 0.15) is 5.54 Å². The normalized spacial score (nSPS) is 14.4. The van der Waals surface area contributed by atoms with Crippen LogP contribution >= 0.6 is 12.2 Å². The monoisotopic (exact) mass is 488 g/mol. The Bertz CT molecular complexity index is 1120. The van der Waals surface area contributed by atoms with E-state index in [-0.39, 0.29) is 11.6 Å². The van der Waals surface area contributed by atoms with Gasteiger partial charge in [-0.1, -0.05) is 24.4 Å². The molecule has 2 aromatic rings. The molecule has 6 nitrogen and oxygen atoms in total. The standard InChI is InChI=1S/C24H23F3N4O2S/c25-24(26,27)20-13-18(8-7-17(20)14-28)30-22(33)23(11-2-12-23)31(15-34)19-9-5-16(6-10-19)3-1-4-21(29)32/h5-10,13,15H,1-4,11-12H2,(H2,29,32)(H,30,33). The highest BCUT2D eigenvalue weighted by Gasteiger charge is 2.49. The Morgan fingerprint density at radius 3 is 2.38 bits per heavy atom. The number of hydrogen-bond donors (Lipinski definition) is 2. The number of nitrogens with zero attached hydrogens (tertiary/aromatic N) is 2.